The maximum Gasteiger partial charge on any atom is 0.0207 e. The van der Waals surface area contributed by atoms with Gasteiger partial charge in [-0.2, -0.15) is 0 Å². The molecule has 0 amide bonds. The average Bonchev–Trinajstić information content (AvgIpc) is 2.40. The minimum absolute atomic E-state index is 0.554. The number of nitrogens with one attached hydrogen (secondary N) is 1. The topological polar surface area (TPSA) is 12.0 Å². The molecule has 0 unspecified atom stereocenters. The molecule has 0 aliphatic heterocycles. The molecule has 106 valence electrons. The average molecular weight is 277 g/mol. The Bertz CT molecular complexity index is 363. The predicted molar refractivity (Wildman–Crippen MR) is 85.7 cm³/mol. The Morgan fingerprint density at radius 3 is 2.32 bits per heavy atom. The maximum atomic E-state index is 3.46. The van der Waals surface area contributed by atoms with Gasteiger partial charge in [-0.15, -0.1) is 11.8 Å². The zero-order valence-electron chi connectivity index (χ0n) is 12.5. The van der Waals surface area contributed by atoms with Crippen LogP contribution in [-0.4, -0.2) is 11.3 Å². The van der Waals surface area contributed by atoms with Crippen LogP contribution in [0.1, 0.15) is 52.0 Å². The van der Waals surface area contributed by atoms with Gasteiger partial charge in [0.15, 0.2) is 0 Å². The van der Waals surface area contributed by atoms with Crippen molar-refractivity contribution in [3.05, 3.63) is 29.8 Å². The van der Waals surface area contributed by atoms with Crippen molar-refractivity contribution >= 4 is 11.8 Å². The molecule has 0 radical (unpaired) electrons. The first-order valence-electron chi connectivity index (χ1n) is 7.62. The van der Waals surface area contributed by atoms with Gasteiger partial charge in [0, 0.05) is 22.7 Å². The molecule has 1 aromatic rings. The molecule has 0 bridgehead atoms. The van der Waals surface area contributed by atoms with E-state index in [-0.39, 0.29) is 0 Å². The molecule has 1 N–H and O–H groups in total. The van der Waals surface area contributed by atoms with Crippen molar-refractivity contribution in [2.45, 2.75) is 69.2 Å². The smallest absolute Gasteiger partial charge is 0.0207 e. The Morgan fingerprint density at radius 2 is 1.74 bits per heavy atom. The molecule has 1 aliphatic rings. The lowest BCUT2D eigenvalue weighted by molar-refractivity contribution is 0.393. The summed E-state index contributed by atoms with van der Waals surface area (Å²) in [4.78, 5) is 1.44. The Balaban J connectivity index is 1.81. The third-order valence-electron chi connectivity index (χ3n) is 3.90. The van der Waals surface area contributed by atoms with E-state index >= 15 is 0 Å². The second kappa shape index (κ2) is 7.35. The van der Waals surface area contributed by atoms with Crippen LogP contribution in [0.5, 0.6) is 0 Å². The fourth-order valence-corrected chi connectivity index (χ4v) is 3.73. The molecular weight excluding hydrogens is 250 g/mol. The Morgan fingerprint density at radius 1 is 1.11 bits per heavy atom. The summed E-state index contributed by atoms with van der Waals surface area (Å²) in [5.74, 6) is 0.946. The summed E-state index contributed by atoms with van der Waals surface area (Å²) >= 11 is 2.08. The normalized spacial score (nSPS) is 23.8. The van der Waals surface area contributed by atoms with Gasteiger partial charge in [0.2, 0.25) is 0 Å². The zero-order valence-corrected chi connectivity index (χ0v) is 13.3. The van der Waals surface area contributed by atoms with E-state index in [0.29, 0.717) is 6.04 Å². The predicted octanol–water partition coefficient (Wildman–Crippen LogP) is 4.86. The van der Waals surface area contributed by atoms with Gasteiger partial charge >= 0.3 is 0 Å². The Kier molecular flexibility index (Phi) is 5.77. The molecule has 1 aromatic carbocycles. The highest BCUT2D eigenvalue weighted by molar-refractivity contribution is 8.00. The summed E-state index contributed by atoms with van der Waals surface area (Å²) < 4.78 is 0. The lowest BCUT2D eigenvalue weighted by atomic mass is 9.91. The Labute approximate surface area is 122 Å². The lowest BCUT2D eigenvalue weighted by Gasteiger charge is -2.25. The van der Waals surface area contributed by atoms with E-state index in [4.69, 9.17) is 0 Å². The van der Waals surface area contributed by atoms with Crippen LogP contribution < -0.4 is 5.32 Å². The third-order valence-corrected chi connectivity index (χ3v) is 5.25. The highest BCUT2D eigenvalue weighted by Crippen LogP contribution is 2.35. The molecule has 1 fully saturated rings. The summed E-state index contributed by atoms with van der Waals surface area (Å²) in [7, 11) is 0. The second-order valence-electron chi connectivity index (χ2n) is 6.18. The van der Waals surface area contributed by atoms with E-state index in [9.17, 15) is 0 Å². The molecular formula is C17H27NS. The van der Waals surface area contributed by atoms with E-state index in [2.05, 4.69) is 62.1 Å². The van der Waals surface area contributed by atoms with Crippen molar-refractivity contribution in [1.82, 2.24) is 5.32 Å². The number of thioether (sulfide) groups is 1. The molecule has 19 heavy (non-hydrogen) atoms. The van der Waals surface area contributed by atoms with Gasteiger partial charge in [-0.05, 0) is 49.3 Å². The first-order chi connectivity index (χ1) is 9.13. The molecule has 0 aromatic heterocycles. The van der Waals surface area contributed by atoms with Gasteiger partial charge < -0.3 is 5.32 Å². The molecule has 1 saturated carbocycles. The van der Waals surface area contributed by atoms with Crippen LogP contribution in [0.4, 0.5) is 0 Å². The largest absolute Gasteiger partial charge is 0.310 e. The van der Waals surface area contributed by atoms with Crippen molar-refractivity contribution in [3.63, 3.8) is 0 Å². The van der Waals surface area contributed by atoms with Gasteiger partial charge in [0.1, 0.15) is 0 Å². The molecule has 1 aliphatic carbocycles. The van der Waals surface area contributed by atoms with Gasteiger partial charge in [-0.25, -0.2) is 0 Å². The maximum absolute atomic E-state index is 3.46. The first-order valence-corrected chi connectivity index (χ1v) is 8.50. The number of hydrogen-bond donors (Lipinski definition) is 1. The van der Waals surface area contributed by atoms with Crippen molar-refractivity contribution < 1.29 is 0 Å². The fourth-order valence-electron chi connectivity index (χ4n) is 2.55. The summed E-state index contributed by atoms with van der Waals surface area (Å²) in [6.07, 6.45) is 5.60. The van der Waals surface area contributed by atoms with Crippen LogP contribution in [0.3, 0.4) is 0 Å². The molecule has 1 nitrogen and oxygen atoms in total. The van der Waals surface area contributed by atoms with Crippen LogP contribution in [0.2, 0.25) is 0 Å². The third kappa shape index (κ3) is 5.19. The molecule has 0 heterocycles. The van der Waals surface area contributed by atoms with Gasteiger partial charge in [-0.1, -0.05) is 32.9 Å². The summed E-state index contributed by atoms with van der Waals surface area (Å²) in [6.45, 7) is 7.74. The lowest BCUT2D eigenvalue weighted by Crippen LogP contribution is -2.21. The standard InChI is InChI=1S/C17H27NS/c1-13(2)18-12-15-6-10-17(11-7-15)19-16-8-4-14(3)5-9-16/h6-7,10-11,13-14,16,18H,4-5,8-9,12H2,1-3H3. The van der Waals surface area contributed by atoms with Crippen LogP contribution in [-0.2, 0) is 6.54 Å². The zero-order chi connectivity index (χ0) is 13.7. The molecule has 0 spiro atoms. The van der Waals surface area contributed by atoms with Crippen LogP contribution >= 0.6 is 11.8 Å². The van der Waals surface area contributed by atoms with Crippen molar-refractivity contribution in [3.8, 4) is 0 Å². The van der Waals surface area contributed by atoms with E-state index in [1.807, 2.05) is 0 Å². The Hall–Kier alpha value is -0.470. The quantitative estimate of drug-likeness (QED) is 0.825. The SMILES string of the molecule is CC1CCC(Sc2ccc(CNC(C)C)cc2)CC1. The molecule has 2 rings (SSSR count). The minimum atomic E-state index is 0.554. The van der Waals surface area contributed by atoms with E-state index in [1.54, 1.807) is 0 Å². The highest BCUT2D eigenvalue weighted by Gasteiger charge is 2.18. The van der Waals surface area contributed by atoms with Gasteiger partial charge in [-0.3, -0.25) is 0 Å². The van der Waals surface area contributed by atoms with Gasteiger partial charge in [0.05, 0.1) is 0 Å². The number of rotatable bonds is 5. The summed E-state index contributed by atoms with van der Waals surface area (Å²) in [5.41, 5.74) is 1.38. The van der Waals surface area contributed by atoms with Gasteiger partial charge in [0.25, 0.3) is 0 Å². The second-order valence-corrected chi connectivity index (χ2v) is 7.55. The summed E-state index contributed by atoms with van der Waals surface area (Å²) in [6, 6.07) is 9.67. The van der Waals surface area contributed by atoms with Crippen molar-refractivity contribution in [2.75, 3.05) is 0 Å². The van der Waals surface area contributed by atoms with Crippen LogP contribution in [0.15, 0.2) is 29.2 Å². The van der Waals surface area contributed by atoms with Crippen LogP contribution in [0.25, 0.3) is 0 Å². The highest BCUT2D eigenvalue weighted by atomic mass is 32.2. The molecule has 2 heteroatoms. The van der Waals surface area contributed by atoms with Crippen molar-refractivity contribution in [1.29, 1.82) is 0 Å². The molecule has 0 saturated heterocycles. The first kappa shape index (κ1) is 14.9. The fraction of sp³-hybridized carbons (Fsp3) is 0.647. The van der Waals surface area contributed by atoms with Crippen LogP contribution in [0, 0.1) is 5.92 Å². The van der Waals surface area contributed by atoms with Crippen molar-refractivity contribution in [2.24, 2.45) is 5.92 Å². The monoisotopic (exact) mass is 277 g/mol. The van der Waals surface area contributed by atoms with E-state index in [1.165, 1.54) is 36.1 Å². The minimum Gasteiger partial charge on any atom is -0.310 e. The summed E-state index contributed by atoms with van der Waals surface area (Å²) in [5, 5.41) is 4.30. The van der Waals surface area contributed by atoms with E-state index < -0.39 is 0 Å². The molecule has 0 atom stereocenters. The van der Waals surface area contributed by atoms with E-state index in [0.717, 1.165) is 17.7 Å². The number of hydrogen-bond acceptors (Lipinski definition) is 2. The number of benzene rings is 1.